The van der Waals surface area contributed by atoms with Gasteiger partial charge in [0.15, 0.2) is 0 Å². The lowest BCUT2D eigenvalue weighted by Crippen LogP contribution is -2.40. The van der Waals surface area contributed by atoms with Gasteiger partial charge in [0.1, 0.15) is 11.4 Å². The van der Waals surface area contributed by atoms with Crippen LogP contribution in [0.3, 0.4) is 0 Å². The molecule has 2 aromatic rings. The number of carbonyl (C=O) groups is 2. The van der Waals surface area contributed by atoms with Crippen molar-refractivity contribution in [2.24, 2.45) is 0 Å². The Hall–Kier alpha value is -3.31. The number of hydrogen-bond donors (Lipinski definition) is 2. The van der Waals surface area contributed by atoms with E-state index in [0.29, 0.717) is 18.2 Å². The average Bonchev–Trinajstić information content (AvgIpc) is 2.70. The zero-order chi connectivity index (χ0) is 28.3. The molecule has 1 atom stereocenters. The van der Waals surface area contributed by atoms with Crippen LogP contribution in [0, 0.1) is 12.7 Å². The van der Waals surface area contributed by atoms with E-state index in [1.54, 1.807) is 20.8 Å². The van der Waals surface area contributed by atoms with E-state index >= 15 is 0 Å². The van der Waals surface area contributed by atoms with Gasteiger partial charge in [-0.05, 0) is 81.5 Å². The lowest BCUT2D eigenvalue weighted by Gasteiger charge is -2.23. The number of benzene rings is 2. The number of ether oxygens (including phenoxy) is 1. The molecule has 1 amide bonds. The highest BCUT2D eigenvalue weighted by atomic mass is 19.4. The van der Waals surface area contributed by atoms with Gasteiger partial charge in [0.2, 0.25) is 0 Å². The summed E-state index contributed by atoms with van der Waals surface area (Å²) in [7, 11) is 0. The van der Waals surface area contributed by atoms with E-state index in [-0.39, 0.29) is 24.0 Å². The molecule has 0 heterocycles. The number of aliphatic carboxylic acids is 1. The number of aryl methyl sites for hydroxylation is 2. The standard InChI is InChI=1S/C25H26F7NO4/c1-13-10-15(20-17(24(27,28)29)6-5-7-18(20)25(30,31)32)11-14(21(13)26)8-9-16(12-19(34)35)33-22(36)37-23(2,3)4/h5-7,10-11,16H,8-9,12H2,1-4H3,(H,33,36)(H,34,35)/t16-/m0/s1. The predicted molar refractivity (Wildman–Crippen MR) is 120 cm³/mol. The quantitative estimate of drug-likeness (QED) is 0.368. The van der Waals surface area contributed by atoms with Crippen molar-refractivity contribution >= 4 is 12.1 Å². The number of alkyl carbamates (subject to hydrolysis) is 1. The highest BCUT2D eigenvalue weighted by molar-refractivity contribution is 5.74. The van der Waals surface area contributed by atoms with Crippen LogP contribution in [0.4, 0.5) is 35.5 Å². The lowest BCUT2D eigenvalue weighted by molar-refractivity contribution is -0.142. The molecule has 0 saturated carbocycles. The van der Waals surface area contributed by atoms with Crippen molar-refractivity contribution in [1.82, 2.24) is 5.32 Å². The van der Waals surface area contributed by atoms with Crippen LogP contribution in [0.5, 0.6) is 0 Å². The van der Waals surface area contributed by atoms with E-state index in [4.69, 9.17) is 9.84 Å². The Morgan fingerprint density at radius 3 is 2.00 bits per heavy atom. The van der Waals surface area contributed by atoms with Gasteiger partial charge < -0.3 is 15.2 Å². The molecule has 0 spiro atoms. The van der Waals surface area contributed by atoms with Crippen molar-refractivity contribution in [3.8, 4) is 11.1 Å². The molecule has 0 radical (unpaired) electrons. The van der Waals surface area contributed by atoms with Crippen molar-refractivity contribution in [2.75, 3.05) is 0 Å². The minimum atomic E-state index is -5.12. The molecule has 0 fully saturated rings. The monoisotopic (exact) mass is 537 g/mol. The molecule has 0 bridgehead atoms. The second-order valence-electron chi connectivity index (χ2n) is 9.47. The van der Waals surface area contributed by atoms with E-state index in [2.05, 4.69) is 5.32 Å². The number of hydrogen-bond acceptors (Lipinski definition) is 3. The first kappa shape index (κ1) is 29.9. The van der Waals surface area contributed by atoms with Crippen molar-refractivity contribution in [3.05, 3.63) is 58.4 Å². The maximum Gasteiger partial charge on any atom is 0.417 e. The van der Waals surface area contributed by atoms with Gasteiger partial charge in [-0.3, -0.25) is 4.79 Å². The first-order chi connectivity index (χ1) is 16.8. The fourth-order valence-electron chi connectivity index (χ4n) is 3.74. The van der Waals surface area contributed by atoms with Crippen LogP contribution >= 0.6 is 0 Å². The first-order valence-electron chi connectivity index (χ1n) is 11.1. The van der Waals surface area contributed by atoms with E-state index in [1.807, 2.05) is 0 Å². The van der Waals surface area contributed by atoms with Crippen LogP contribution in [0.1, 0.15) is 55.9 Å². The third-order valence-corrected chi connectivity index (χ3v) is 5.20. The molecule has 5 nitrogen and oxygen atoms in total. The Morgan fingerprint density at radius 2 is 1.54 bits per heavy atom. The molecule has 2 N–H and O–H groups in total. The van der Waals surface area contributed by atoms with Gasteiger partial charge >= 0.3 is 24.4 Å². The third kappa shape index (κ3) is 8.36. The minimum absolute atomic E-state index is 0.182. The van der Waals surface area contributed by atoms with E-state index in [9.17, 15) is 40.3 Å². The summed E-state index contributed by atoms with van der Waals surface area (Å²) in [4.78, 5) is 23.3. The summed E-state index contributed by atoms with van der Waals surface area (Å²) in [6, 6.07) is 2.39. The van der Waals surface area contributed by atoms with Crippen molar-refractivity contribution in [3.63, 3.8) is 0 Å². The van der Waals surface area contributed by atoms with Gasteiger partial charge in [-0.1, -0.05) is 6.07 Å². The van der Waals surface area contributed by atoms with Crippen LogP contribution in [0.25, 0.3) is 11.1 Å². The molecule has 0 saturated heterocycles. The summed E-state index contributed by atoms with van der Waals surface area (Å²) in [5, 5.41) is 11.5. The number of rotatable bonds is 7. The minimum Gasteiger partial charge on any atom is -0.481 e. The first-order valence-corrected chi connectivity index (χ1v) is 11.1. The summed E-state index contributed by atoms with van der Waals surface area (Å²) in [6.45, 7) is 5.93. The van der Waals surface area contributed by atoms with Gasteiger partial charge in [-0.2, -0.15) is 26.3 Å². The van der Waals surface area contributed by atoms with Crippen LogP contribution in [-0.2, 0) is 28.3 Å². The number of amides is 1. The summed E-state index contributed by atoms with van der Waals surface area (Å²) >= 11 is 0. The molecule has 0 unspecified atom stereocenters. The number of alkyl halides is 6. The largest absolute Gasteiger partial charge is 0.481 e. The summed E-state index contributed by atoms with van der Waals surface area (Å²) < 4.78 is 102. The highest BCUT2D eigenvalue weighted by Gasteiger charge is 2.41. The van der Waals surface area contributed by atoms with Gasteiger partial charge in [0.25, 0.3) is 0 Å². The molecule has 2 rings (SSSR count). The molecule has 2 aromatic carbocycles. The number of nitrogens with one attached hydrogen (secondary N) is 1. The topological polar surface area (TPSA) is 75.6 Å². The van der Waals surface area contributed by atoms with E-state index in [1.165, 1.54) is 6.92 Å². The molecule has 0 aliphatic heterocycles. The SMILES string of the molecule is Cc1cc(-c2c(C(F)(F)F)cccc2C(F)(F)F)cc(CC[C@@H](CC(=O)O)NC(=O)OC(C)(C)C)c1F. The zero-order valence-electron chi connectivity index (χ0n) is 20.4. The maximum atomic E-state index is 14.9. The van der Waals surface area contributed by atoms with Gasteiger partial charge in [0.05, 0.1) is 17.5 Å². The number of carbonyl (C=O) groups excluding carboxylic acids is 1. The summed E-state index contributed by atoms with van der Waals surface area (Å²) in [6.07, 6.45) is -12.2. The van der Waals surface area contributed by atoms with Crippen LogP contribution in [0.2, 0.25) is 0 Å². The van der Waals surface area contributed by atoms with Crippen LogP contribution in [0.15, 0.2) is 30.3 Å². The Morgan fingerprint density at radius 1 is 1.00 bits per heavy atom. The fourth-order valence-corrected chi connectivity index (χ4v) is 3.74. The van der Waals surface area contributed by atoms with Gasteiger partial charge in [-0.25, -0.2) is 9.18 Å². The van der Waals surface area contributed by atoms with Crippen LogP contribution < -0.4 is 5.32 Å². The van der Waals surface area contributed by atoms with E-state index < -0.39 is 70.5 Å². The van der Waals surface area contributed by atoms with E-state index in [0.717, 1.165) is 12.1 Å². The Bertz CT molecular complexity index is 1120. The predicted octanol–water partition coefficient (Wildman–Crippen LogP) is 7.14. The molecule has 0 aliphatic carbocycles. The number of carboxylic acid groups (broad SMARTS) is 1. The molecule has 204 valence electrons. The maximum absolute atomic E-state index is 14.9. The normalized spacial score (nSPS) is 13.3. The number of halogens is 7. The molecule has 0 aliphatic rings. The molecule has 12 heteroatoms. The zero-order valence-corrected chi connectivity index (χ0v) is 20.4. The van der Waals surface area contributed by atoms with Gasteiger partial charge in [0, 0.05) is 11.6 Å². The molecular formula is C25H26F7NO4. The molecule has 37 heavy (non-hydrogen) atoms. The third-order valence-electron chi connectivity index (χ3n) is 5.20. The van der Waals surface area contributed by atoms with Crippen molar-refractivity contribution in [2.45, 2.75) is 71.0 Å². The Labute approximate surface area is 208 Å². The van der Waals surface area contributed by atoms with Crippen LogP contribution in [-0.4, -0.2) is 28.8 Å². The van der Waals surface area contributed by atoms with Gasteiger partial charge in [-0.15, -0.1) is 0 Å². The molecule has 0 aromatic heterocycles. The second kappa shape index (κ2) is 11.0. The lowest BCUT2D eigenvalue weighted by atomic mass is 9.90. The van der Waals surface area contributed by atoms with Crippen molar-refractivity contribution in [1.29, 1.82) is 0 Å². The number of carboxylic acids is 1. The average molecular weight is 537 g/mol. The summed E-state index contributed by atoms with van der Waals surface area (Å²) in [5.41, 5.74) is -6.03. The fraction of sp³-hybridized carbons (Fsp3) is 0.440. The Balaban J connectivity index is 2.50. The van der Waals surface area contributed by atoms with Crippen molar-refractivity contribution < 1.29 is 50.2 Å². The summed E-state index contributed by atoms with van der Waals surface area (Å²) in [5.74, 6) is -2.16. The molecular weight excluding hydrogens is 511 g/mol. The highest BCUT2D eigenvalue weighted by Crippen LogP contribution is 2.45. The second-order valence-corrected chi connectivity index (χ2v) is 9.47. The smallest absolute Gasteiger partial charge is 0.417 e. The Kier molecular flexibility index (Phi) is 8.87.